The Morgan fingerprint density at radius 3 is 2.50 bits per heavy atom. The van der Waals surface area contributed by atoms with Crippen molar-refractivity contribution >= 4 is 29.1 Å². The van der Waals surface area contributed by atoms with Crippen LogP contribution in [-0.4, -0.2) is 41.6 Å². The Kier molecular flexibility index (Phi) is 5.34. The van der Waals surface area contributed by atoms with Crippen molar-refractivity contribution < 1.29 is 24.2 Å². The highest BCUT2D eigenvalue weighted by atomic mass is 32.1. The van der Waals surface area contributed by atoms with Crippen molar-refractivity contribution in [2.75, 3.05) is 13.2 Å². The van der Waals surface area contributed by atoms with E-state index < -0.39 is 17.4 Å². The van der Waals surface area contributed by atoms with Crippen molar-refractivity contribution in [2.45, 2.75) is 18.5 Å². The largest absolute Gasteiger partial charge is 0.479 e. The van der Waals surface area contributed by atoms with E-state index in [1.165, 1.54) is 11.3 Å². The molecule has 1 aromatic carbocycles. The molecule has 2 aromatic rings. The Morgan fingerprint density at radius 1 is 1.15 bits per heavy atom. The lowest BCUT2D eigenvalue weighted by Crippen LogP contribution is -2.55. The molecule has 0 spiro atoms. The summed E-state index contributed by atoms with van der Waals surface area (Å²) in [5, 5.41) is 16.6. The number of amides is 2. The average molecular weight is 374 g/mol. The zero-order chi connectivity index (χ0) is 18.6. The monoisotopic (exact) mass is 374 g/mol. The zero-order valence-corrected chi connectivity index (χ0v) is 14.7. The van der Waals surface area contributed by atoms with Gasteiger partial charge in [-0.05, 0) is 29.1 Å². The Balaban J connectivity index is 1.59. The lowest BCUT2D eigenvalue weighted by atomic mass is 9.98. The fraction of sp³-hybridized carbons (Fsp3) is 0.278. The zero-order valence-electron chi connectivity index (χ0n) is 13.9. The SMILES string of the molecule is O=C(NC1(C(=O)O)CCOC1)c1ccc(CNC(=O)c2cccs2)cc1. The summed E-state index contributed by atoms with van der Waals surface area (Å²) in [6.45, 7) is 0.599. The molecule has 0 radical (unpaired) electrons. The van der Waals surface area contributed by atoms with Crippen molar-refractivity contribution in [3.8, 4) is 0 Å². The molecule has 3 rings (SSSR count). The second-order valence-electron chi connectivity index (χ2n) is 6.00. The van der Waals surface area contributed by atoms with Gasteiger partial charge in [0.15, 0.2) is 5.54 Å². The van der Waals surface area contributed by atoms with E-state index in [4.69, 9.17) is 4.74 Å². The van der Waals surface area contributed by atoms with Gasteiger partial charge in [-0.25, -0.2) is 4.79 Å². The van der Waals surface area contributed by atoms with Gasteiger partial charge in [-0.15, -0.1) is 11.3 Å². The van der Waals surface area contributed by atoms with Gasteiger partial charge < -0.3 is 20.5 Å². The molecule has 0 aliphatic carbocycles. The number of thiophene rings is 1. The van der Waals surface area contributed by atoms with E-state index in [1.54, 1.807) is 30.3 Å². The van der Waals surface area contributed by atoms with Crippen molar-refractivity contribution in [3.63, 3.8) is 0 Å². The fourth-order valence-electron chi connectivity index (χ4n) is 2.63. The molecule has 2 amide bonds. The van der Waals surface area contributed by atoms with E-state index in [0.717, 1.165) is 5.56 Å². The van der Waals surface area contributed by atoms with Gasteiger partial charge >= 0.3 is 5.97 Å². The van der Waals surface area contributed by atoms with Crippen LogP contribution in [0.15, 0.2) is 41.8 Å². The molecular formula is C18H18N2O5S. The van der Waals surface area contributed by atoms with Gasteiger partial charge in [0.25, 0.3) is 11.8 Å². The molecule has 1 aromatic heterocycles. The molecule has 0 bridgehead atoms. The summed E-state index contributed by atoms with van der Waals surface area (Å²) >= 11 is 1.37. The number of nitrogens with one attached hydrogen (secondary N) is 2. The molecule has 1 aliphatic heterocycles. The Labute approximate surface area is 154 Å². The maximum Gasteiger partial charge on any atom is 0.331 e. The van der Waals surface area contributed by atoms with E-state index in [9.17, 15) is 19.5 Å². The normalized spacial score (nSPS) is 19.1. The summed E-state index contributed by atoms with van der Waals surface area (Å²) in [5.74, 6) is -1.71. The number of carbonyl (C=O) groups is 3. The first-order valence-corrected chi connectivity index (χ1v) is 8.92. The van der Waals surface area contributed by atoms with Gasteiger partial charge in [0.2, 0.25) is 0 Å². The minimum atomic E-state index is -1.37. The number of ether oxygens (including phenoxy) is 1. The molecule has 1 atom stereocenters. The number of aliphatic carboxylic acids is 1. The van der Waals surface area contributed by atoms with Gasteiger partial charge in [-0.3, -0.25) is 9.59 Å². The molecule has 136 valence electrons. The Morgan fingerprint density at radius 2 is 1.92 bits per heavy atom. The molecule has 3 N–H and O–H groups in total. The topological polar surface area (TPSA) is 105 Å². The number of carboxylic acids is 1. The van der Waals surface area contributed by atoms with Crippen LogP contribution < -0.4 is 10.6 Å². The Bertz CT molecular complexity index is 795. The lowest BCUT2D eigenvalue weighted by molar-refractivity contribution is -0.144. The number of rotatable bonds is 6. The quantitative estimate of drug-likeness (QED) is 0.713. The van der Waals surface area contributed by atoms with Crippen LogP contribution in [0, 0.1) is 0 Å². The van der Waals surface area contributed by atoms with Crippen molar-refractivity contribution in [3.05, 3.63) is 57.8 Å². The standard InChI is InChI=1S/C18H18N2O5S/c21-15(20-18(17(23)24)7-8-25-11-18)13-5-3-12(4-6-13)10-19-16(22)14-2-1-9-26-14/h1-6,9H,7-8,10-11H2,(H,19,22)(H,20,21)(H,23,24). The predicted molar refractivity (Wildman–Crippen MR) is 95.2 cm³/mol. The van der Waals surface area contributed by atoms with Crippen LogP contribution in [0.2, 0.25) is 0 Å². The van der Waals surface area contributed by atoms with E-state index in [1.807, 2.05) is 11.4 Å². The molecule has 1 unspecified atom stereocenters. The average Bonchev–Trinajstić information content (AvgIpc) is 3.32. The van der Waals surface area contributed by atoms with Crippen LogP contribution in [-0.2, 0) is 16.1 Å². The lowest BCUT2D eigenvalue weighted by Gasteiger charge is -2.23. The van der Waals surface area contributed by atoms with Crippen molar-refractivity contribution in [2.24, 2.45) is 0 Å². The first-order chi connectivity index (χ1) is 12.5. The molecular weight excluding hydrogens is 356 g/mol. The minimum Gasteiger partial charge on any atom is -0.479 e. The summed E-state index contributed by atoms with van der Waals surface area (Å²) in [6, 6.07) is 10.2. The van der Waals surface area contributed by atoms with E-state index >= 15 is 0 Å². The molecule has 26 heavy (non-hydrogen) atoms. The summed E-state index contributed by atoms with van der Waals surface area (Å²) in [6.07, 6.45) is 0.237. The smallest absolute Gasteiger partial charge is 0.331 e. The molecule has 1 fully saturated rings. The molecule has 7 nitrogen and oxygen atoms in total. The van der Waals surface area contributed by atoms with Gasteiger partial charge in [-0.1, -0.05) is 18.2 Å². The third-order valence-electron chi connectivity index (χ3n) is 4.20. The molecule has 1 saturated heterocycles. The first kappa shape index (κ1) is 18.1. The number of benzene rings is 1. The van der Waals surface area contributed by atoms with Gasteiger partial charge in [0.05, 0.1) is 11.5 Å². The van der Waals surface area contributed by atoms with Crippen LogP contribution >= 0.6 is 11.3 Å². The number of hydrogen-bond acceptors (Lipinski definition) is 5. The van der Waals surface area contributed by atoms with E-state index in [2.05, 4.69) is 10.6 Å². The first-order valence-electron chi connectivity index (χ1n) is 8.04. The van der Waals surface area contributed by atoms with Gasteiger partial charge in [0.1, 0.15) is 0 Å². The fourth-order valence-corrected chi connectivity index (χ4v) is 3.27. The minimum absolute atomic E-state index is 0.0408. The number of carbonyl (C=O) groups excluding carboxylic acids is 2. The van der Waals surface area contributed by atoms with E-state index in [0.29, 0.717) is 23.6 Å². The number of hydrogen-bond donors (Lipinski definition) is 3. The van der Waals surface area contributed by atoms with Crippen LogP contribution in [0.5, 0.6) is 0 Å². The highest BCUT2D eigenvalue weighted by Crippen LogP contribution is 2.20. The third-order valence-corrected chi connectivity index (χ3v) is 5.07. The predicted octanol–water partition coefficient (Wildman–Crippen LogP) is 1.65. The molecule has 1 aliphatic rings. The van der Waals surface area contributed by atoms with Gasteiger partial charge in [-0.2, -0.15) is 0 Å². The van der Waals surface area contributed by atoms with Crippen molar-refractivity contribution in [1.82, 2.24) is 10.6 Å². The highest BCUT2D eigenvalue weighted by molar-refractivity contribution is 7.12. The summed E-state index contributed by atoms with van der Waals surface area (Å²) in [7, 11) is 0. The molecule has 8 heteroatoms. The van der Waals surface area contributed by atoms with Crippen molar-refractivity contribution in [1.29, 1.82) is 0 Å². The second kappa shape index (κ2) is 7.67. The maximum absolute atomic E-state index is 12.3. The summed E-state index contributed by atoms with van der Waals surface area (Å²) in [4.78, 5) is 36.4. The summed E-state index contributed by atoms with van der Waals surface area (Å²) < 4.78 is 5.13. The summed E-state index contributed by atoms with van der Waals surface area (Å²) in [5.41, 5.74) is -0.181. The van der Waals surface area contributed by atoms with E-state index in [-0.39, 0.29) is 18.9 Å². The molecule has 0 saturated carbocycles. The second-order valence-corrected chi connectivity index (χ2v) is 6.95. The highest BCUT2D eigenvalue weighted by Gasteiger charge is 2.44. The van der Waals surface area contributed by atoms with Crippen LogP contribution in [0.4, 0.5) is 0 Å². The Hall–Kier alpha value is -2.71. The van der Waals surface area contributed by atoms with Crippen LogP contribution in [0.1, 0.15) is 32.0 Å². The maximum atomic E-state index is 12.3. The van der Waals surface area contributed by atoms with Crippen LogP contribution in [0.25, 0.3) is 0 Å². The molecule has 2 heterocycles. The van der Waals surface area contributed by atoms with Crippen LogP contribution in [0.3, 0.4) is 0 Å². The number of carboxylic acid groups (broad SMARTS) is 1. The third kappa shape index (κ3) is 3.92. The van der Waals surface area contributed by atoms with Gasteiger partial charge in [0, 0.05) is 25.1 Å².